The first kappa shape index (κ1) is 15.3. The standard InChI is InChI=1S/C13H14ClNO4/c1-8(16)13(9(2)17)12(7-15(18)19)10-3-5-11(14)6-4-10/h3-6,12-13H,7H2,1-2H3/t12-/m1/s1. The minimum atomic E-state index is -0.994. The molecule has 0 unspecified atom stereocenters. The zero-order valence-corrected chi connectivity index (χ0v) is 11.4. The Morgan fingerprint density at radius 1 is 1.21 bits per heavy atom. The lowest BCUT2D eigenvalue weighted by atomic mass is 9.81. The summed E-state index contributed by atoms with van der Waals surface area (Å²) in [5, 5.41) is 11.2. The first-order chi connectivity index (χ1) is 8.82. The van der Waals surface area contributed by atoms with Crippen molar-refractivity contribution in [3.8, 4) is 0 Å². The lowest BCUT2D eigenvalue weighted by Gasteiger charge is -2.20. The topological polar surface area (TPSA) is 77.3 Å². The molecule has 0 aliphatic rings. The third-order valence-corrected chi connectivity index (χ3v) is 3.17. The summed E-state index contributed by atoms with van der Waals surface area (Å²) >= 11 is 5.76. The number of carbonyl (C=O) groups excluding carboxylic acids is 2. The fourth-order valence-corrected chi connectivity index (χ4v) is 2.25. The van der Waals surface area contributed by atoms with E-state index in [1.807, 2.05) is 0 Å². The Hall–Kier alpha value is -1.75. The minimum absolute atomic E-state index is 0.366. The molecule has 0 aromatic heterocycles. The molecular weight excluding hydrogens is 270 g/mol. The first-order valence-electron chi connectivity index (χ1n) is 5.71. The predicted molar refractivity (Wildman–Crippen MR) is 70.9 cm³/mol. The molecule has 0 amide bonds. The molecule has 0 bridgehead atoms. The Bertz CT molecular complexity index is 484. The number of nitro groups is 1. The maximum atomic E-state index is 11.6. The largest absolute Gasteiger partial charge is 0.299 e. The second-order valence-electron chi connectivity index (χ2n) is 4.37. The van der Waals surface area contributed by atoms with Crippen LogP contribution in [0.2, 0.25) is 5.02 Å². The van der Waals surface area contributed by atoms with Crippen LogP contribution in [0.5, 0.6) is 0 Å². The smallest absolute Gasteiger partial charge is 0.211 e. The third kappa shape index (κ3) is 4.13. The van der Waals surface area contributed by atoms with E-state index in [-0.39, 0.29) is 11.6 Å². The summed E-state index contributed by atoms with van der Waals surface area (Å²) in [5.41, 5.74) is 0.566. The van der Waals surface area contributed by atoms with Gasteiger partial charge in [0.05, 0.1) is 11.8 Å². The Labute approximate surface area is 115 Å². The van der Waals surface area contributed by atoms with Crippen molar-refractivity contribution >= 4 is 23.2 Å². The van der Waals surface area contributed by atoms with Gasteiger partial charge in [-0.25, -0.2) is 0 Å². The van der Waals surface area contributed by atoms with Gasteiger partial charge in [-0.05, 0) is 31.5 Å². The number of halogens is 1. The molecule has 1 aromatic rings. The number of carbonyl (C=O) groups is 2. The average Bonchev–Trinajstić information content (AvgIpc) is 2.27. The van der Waals surface area contributed by atoms with E-state index in [2.05, 4.69) is 0 Å². The van der Waals surface area contributed by atoms with Crippen molar-refractivity contribution in [2.75, 3.05) is 6.54 Å². The first-order valence-corrected chi connectivity index (χ1v) is 6.09. The van der Waals surface area contributed by atoms with Gasteiger partial charge in [0, 0.05) is 9.95 Å². The van der Waals surface area contributed by atoms with Gasteiger partial charge in [-0.15, -0.1) is 0 Å². The van der Waals surface area contributed by atoms with E-state index in [1.165, 1.54) is 13.8 Å². The normalized spacial score (nSPS) is 12.2. The van der Waals surface area contributed by atoms with Crippen molar-refractivity contribution in [2.45, 2.75) is 19.8 Å². The zero-order valence-electron chi connectivity index (χ0n) is 10.6. The molecule has 1 aromatic carbocycles. The SMILES string of the molecule is CC(=O)C(C(C)=O)[C@H](C[N+](=O)[O-])c1ccc(Cl)cc1. The summed E-state index contributed by atoms with van der Waals surface area (Å²) in [7, 11) is 0. The molecule has 102 valence electrons. The Kier molecular flexibility index (Phi) is 5.18. The zero-order chi connectivity index (χ0) is 14.6. The van der Waals surface area contributed by atoms with Crippen LogP contribution < -0.4 is 0 Å². The van der Waals surface area contributed by atoms with Gasteiger partial charge in [-0.3, -0.25) is 19.7 Å². The summed E-state index contributed by atoms with van der Waals surface area (Å²) in [6.07, 6.45) is 0. The second-order valence-corrected chi connectivity index (χ2v) is 4.81. The highest BCUT2D eigenvalue weighted by molar-refractivity contribution is 6.30. The van der Waals surface area contributed by atoms with Gasteiger partial charge in [0.15, 0.2) is 0 Å². The fourth-order valence-electron chi connectivity index (χ4n) is 2.13. The highest BCUT2D eigenvalue weighted by Crippen LogP contribution is 2.28. The highest BCUT2D eigenvalue weighted by atomic mass is 35.5. The molecule has 0 aliphatic heterocycles. The van der Waals surface area contributed by atoms with E-state index in [1.54, 1.807) is 24.3 Å². The summed E-state index contributed by atoms with van der Waals surface area (Å²) in [5.74, 6) is -2.49. The number of benzene rings is 1. The molecule has 0 saturated carbocycles. The number of hydrogen-bond acceptors (Lipinski definition) is 4. The van der Waals surface area contributed by atoms with Gasteiger partial charge in [0.1, 0.15) is 11.6 Å². The summed E-state index contributed by atoms with van der Waals surface area (Å²) in [4.78, 5) is 33.4. The number of Topliss-reactive ketones (excluding diaryl/α,β-unsaturated/α-hetero) is 2. The molecule has 0 N–H and O–H groups in total. The molecule has 5 nitrogen and oxygen atoms in total. The van der Waals surface area contributed by atoms with Gasteiger partial charge in [0.25, 0.3) is 0 Å². The minimum Gasteiger partial charge on any atom is -0.299 e. The lowest BCUT2D eigenvalue weighted by molar-refractivity contribution is -0.484. The molecule has 19 heavy (non-hydrogen) atoms. The molecule has 0 aliphatic carbocycles. The molecule has 1 rings (SSSR count). The summed E-state index contributed by atoms with van der Waals surface area (Å²) in [6.45, 7) is 2.08. The van der Waals surface area contributed by atoms with Crippen LogP contribution in [-0.2, 0) is 9.59 Å². The molecule has 0 radical (unpaired) electrons. The fraction of sp³-hybridized carbons (Fsp3) is 0.385. The third-order valence-electron chi connectivity index (χ3n) is 2.92. The number of ketones is 2. The van der Waals surface area contributed by atoms with E-state index in [0.29, 0.717) is 10.6 Å². The number of nitrogens with zero attached hydrogens (tertiary/aromatic N) is 1. The lowest BCUT2D eigenvalue weighted by Crippen LogP contribution is -2.31. The second kappa shape index (κ2) is 6.43. The molecule has 0 saturated heterocycles. The van der Waals surface area contributed by atoms with E-state index in [9.17, 15) is 19.7 Å². The molecule has 0 fully saturated rings. The van der Waals surface area contributed by atoms with Crippen molar-refractivity contribution in [2.24, 2.45) is 5.92 Å². The van der Waals surface area contributed by atoms with Gasteiger partial charge in [-0.1, -0.05) is 23.7 Å². The van der Waals surface area contributed by atoms with Gasteiger partial charge < -0.3 is 0 Å². The molecule has 0 heterocycles. The maximum Gasteiger partial charge on any atom is 0.211 e. The van der Waals surface area contributed by atoms with E-state index < -0.39 is 23.3 Å². The van der Waals surface area contributed by atoms with Crippen LogP contribution in [0.3, 0.4) is 0 Å². The molecule has 0 spiro atoms. The Balaban J connectivity index is 3.19. The van der Waals surface area contributed by atoms with Crippen LogP contribution in [0, 0.1) is 16.0 Å². The van der Waals surface area contributed by atoms with Crippen LogP contribution in [-0.4, -0.2) is 23.0 Å². The van der Waals surface area contributed by atoms with Crippen molar-refractivity contribution in [1.82, 2.24) is 0 Å². The van der Waals surface area contributed by atoms with Crippen molar-refractivity contribution < 1.29 is 14.5 Å². The van der Waals surface area contributed by atoms with Crippen LogP contribution in [0.15, 0.2) is 24.3 Å². The van der Waals surface area contributed by atoms with Crippen LogP contribution in [0.4, 0.5) is 0 Å². The van der Waals surface area contributed by atoms with Gasteiger partial charge >= 0.3 is 0 Å². The van der Waals surface area contributed by atoms with Crippen LogP contribution in [0.25, 0.3) is 0 Å². The predicted octanol–water partition coefficient (Wildman–Crippen LogP) is 2.49. The van der Waals surface area contributed by atoms with E-state index in [4.69, 9.17) is 11.6 Å². The molecule has 1 atom stereocenters. The summed E-state index contributed by atoms with van der Waals surface area (Å²) in [6, 6.07) is 6.38. The highest BCUT2D eigenvalue weighted by Gasteiger charge is 2.34. The summed E-state index contributed by atoms with van der Waals surface area (Å²) < 4.78 is 0. The maximum absolute atomic E-state index is 11.6. The van der Waals surface area contributed by atoms with Crippen LogP contribution in [0.1, 0.15) is 25.3 Å². The average molecular weight is 284 g/mol. The van der Waals surface area contributed by atoms with Crippen molar-refractivity contribution in [1.29, 1.82) is 0 Å². The number of hydrogen-bond donors (Lipinski definition) is 0. The van der Waals surface area contributed by atoms with Crippen LogP contribution >= 0.6 is 11.6 Å². The molecule has 6 heteroatoms. The van der Waals surface area contributed by atoms with Gasteiger partial charge in [-0.2, -0.15) is 0 Å². The van der Waals surface area contributed by atoms with Crippen molar-refractivity contribution in [3.05, 3.63) is 45.0 Å². The van der Waals surface area contributed by atoms with E-state index in [0.717, 1.165) is 0 Å². The monoisotopic (exact) mass is 283 g/mol. The molecular formula is C13H14ClNO4. The van der Waals surface area contributed by atoms with Gasteiger partial charge in [0.2, 0.25) is 6.54 Å². The number of rotatable bonds is 6. The van der Waals surface area contributed by atoms with E-state index >= 15 is 0 Å². The Morgan fingerprint density at radius 2 is 1.68 bits per heavy atom. The van der Waals surface area contributed by atoms with Crippen molar-refractivity contribution in [3.63, 3.8) is 0 Å². The Morgan fingerprint density at radius 3 is 2.05 bits per heavy atom. The quantitative estimate of drug-likeness (QED) is 0.456.